The smallest absolute Gasteiger partial charge is 0.274 e. The third-order valence-electron chi connectivity index (χ3n) is 7.63. The quantitative estimate of drug-likeness (QED) is 0.180. The van der Waals surface area contributed by atoms with Gasteiger partial charge in [0.05, 0.1) is 29.4 Å². The van der Waals surface area contributed by atoms with Crippen molar-refractivity contribution in [1.29, 1.82) is 0 Å². The number of aliphatic hydroxyl groups is 1. The van der Waals surface area contributed by atoms with Crippen molar-refractivity contribution in [2.24, 2.45) is 5.73 Å². The summed E-state index contributed by atoms with van der Waals surface area (Å²) in [5, 5.41) is 13.6. The highest BCUT2D eigenvalue weighted by Crippen LogP contribution is 2.47. The zero-order chi connectivity index (χ0) is 31.8. The van der Waals surface area contributed by atoms with Gasteiger partial charge in [0.1, 0.15) is 43.0 Å². The van der Waals surface area contributed by atoms with Crippen molar-refractivity contribution in [3.05, 3.63) is 76.4 Å². The molecule has 1 aliphatic carbocycles. The normalized spacial score (nSPS) is 17.1. The Morgan fingerprint density at radius 1 is 1.23 bits per heavy atom. The van der Waals surface area contributed by atoms with E-state index in [0.29, 0.717) is 11.3 Å². The number of nitrogen functional groups attached to an aromatic ring is 1. The van der Waals surface area contributed by atoms with Gasteiger partial charge in [-0.1, -0.05) is 0 Å². The lowest BCUT2D eigenvalue weighted by molar-refractivity contribution is -0.101. The third kappa shape index (κ3) is 5.88. The molecule has 1 aliphatic heterocycles. The van der Waals surface area contributed by atoms with Gasteiger partial charge >= 0.3 is 0 Å². The molecule has 6 N–H and O–H groups in total. The van der Waals surface area contributed by atoms with Crippen LogP contribution in [0, 0.1) is 5.82 Å². The van der Waals surface area contributed by atoms with Crippen molar-refractivity contribution in [1.82, 2.24) is 10.3 Å². The van der Waals surface area contributed by atoms with Crippen molar-refractivity contribution in [3.8, 4) is 22.8 Å². The average Bonchev–Trinajstić information content (AvgIpc) is 3.74. The molecular formula is C31H31F5N4O4. The Balaban J connectivity index is 1.53. The number of nitrogens with two attached hydrogens (primary N) is 2. The number of benzene rings is 2. The number of anilines is 1. The molecule has 1 aromatic heterocycles. The van der Waals surface area contributed by atoms with Gasteiger partial charge in [-0.3, -0.25) is 4.79 Å². The minimum atomic E-state index is -3.51. The summed E-state index contributed by atoms with van der Waals surface area (Å²) in [7, 11) is 0. The Kier molecular flexibility index (Phi) is 8.43. The van der Waals surface area contributed by atoms with Crippen LogP contribution >= 0.6 is 0 Å². The number of amides is 1. The SMILES string of the molecule is C/C(N)=C/c1cc(C(=O)NCC(O)(c2cc3c(c(-c4ccc(F)cc4)n2)OCC3(CF)CF)C(F)F)cc(OC2CC2)c1N. The van der Waals surface area contributed by atoms with E-state index in [1.807, 2.05) is 0 Å². The molecule has 0 saturated heterocycles. The summed E-state index contributed by atoms with van der Waals surface area (Å²) >= 11 is 0. The number of alkyl halides is 4. The van der Waals surface area contributed by atoms with Gasteiger partial charge in [-0.25, -0.2) is 26.9 Å². The lowest BCUT2D eigenvalue weighted by Crippen LogP contribution is -2.47. The van der Waals surface area contributed by atoms with Gasteiger partial charge in [-0.2, -0.15) is 0 Å². The first-order valence-electron chi connectivity index (χ1n) is 13.8. The Morgan fingerprint density at radius 3 is 2.50 bits per heavy atom. The molecule has 2 aliphatic rings. The second kappa shape index (κ2) is 11.9. The standard InChI is InChI=1S/C31H31F5N4O4/c1-16(37)8-18-9-19(10-23(25(18)38)44-21-6-7-21)28(41)39-14-31(42,29(35)36)24-11-22-27(43-15-30(22,12-32)13-33)26(40-24)17-2-4-20(34)5-3-17/h2-5,8-11,21,29,42H,6-7,12-15,37-38H2,1H3,(H,39,41)/b16-8-. The number of nitrogens with one attached hydrogen (secondary N) is 1. The number of hydrogen-bond donors (Lipinski definition) is 4. The van der Waals surface area contributed by atoms with Gasteiger partial charge in [0.2, 0.25) is 0 Å². The minimum absolute atomic E-state index is 0.00449. The van der Waals surface area contributed by atoms with Gasteiger partial charge in [0, 0.05) is 28.0 Å². The number of nitrogens with zero attached hydrogens (tertiary/aromatic N) is 1. The van der Waals surface area contributed by atoms with E-state index in [4.69, 9.17) is 20.9 Å². The van der Waals surface area contributed by atoms with E-state index < -0.39 is 61.4 Å². The molecule has 3 aromatic rings. The van der Waals surface area contributed by atoms with Crippen molar-refractivity contribution in [2.75, 3.05) is 32.2 Å². The van der Waals surface area contributed by atoms with Crippen LogP contribution in [0.5, 0.6) is 11.5 Å². The first kappa shape index (κ1) is 31.0. The molecule has 8 nitrogen and oxygen atoms in total. The van der Waals surface area contributed by atoms with Gasteiger partial charge in [0.15, 0.2) is 5.60 Å². The summed E-state index contributed by atoms with van der Waals surface area (Å²) in [6.07, 6.45) is -0.440. The average molecular weight is 619 g/mol. The van der Waals surface area contributed by atoms with E-state index in [2.05, 4.69) is 10.3 Å². The number of halogens is 5. The summed E-state index contributed by atoms with van der Waals surface area (Å²) in [6, 6.07) is 8.48. The number of carbonyl (C=O) groups excluding carboxylic acids is 1. The van der Waals surface area contributed by atoms with Crippen LogP contribution in [-0.4, -0.2) is 55.0 Å². The van der Waals surface area contributed by atoms with Crippen LogP contribution in [-0.2, 0) is 11.0 Å². The molecule has 1 atom stereocenters. The van der Waals surface area contributed by atoms with Crippen molar-refractivity contribution >= 4 is 17.7 Å². The molecule has 1 saturated carbocycles. The van der Waals surface area contributed by atoms with Crippen LogP contribution in [0.15, 0.2) is 48.2 Å². The lowest BCUT2D eigenvalue weighted by atomic mass is 9.83. The molecular weight excluding hydrogens is 587 g/mol. The number of fused-ring (bicyclic) bond motifs is 1. The first-order chi connectivity index (χ1) is 20.9. The molecule has 1 amide bonds. The van der Waals surface area contributed by atoms with Gasteiger partial charge < -0.3 is 31.4 Å². The number of allylic oxidation sites excluding steroid dienone is 1. The number of rotatable bonds is 11. The van der Waals surface area contributed by atoms with E-state index in [-0.39, 0.29) is 45.7 Å². The van der Waals surface area contributed by atoms with E-state index in [0.717, 1.165) is 31.0 Å². The summed E-state index contributed by atoms with van der Waals surface area (Å²) in [5.41, 5.74) is 7.34. The van der Waals surface area contributed by atoms with Crippen molar-refractivity contribution < 1.29 is 41.3 Å². The van der Waals surface area contributed by atoms with Crippen LogP contribution in [0.2, 0.25) is 0 Å². The van der Waals surface area contributed by atoms with Crippen molar-refractivity contribution in [3.63, 3.8) is 0 Å². The zero-order valence-electron chi connectivity index (χ0n) is 23.7. The number of pyridine rings is 1. The van der Waals surface area contributed by atoms with Gasteiger partial charge in [-0.15, -0.1) is 0 Å². The van der Waals surface area contributed by atoms with Gasteiger partial charge in [0.25, 0.3) is 12.3 Å². The number of hydrogen-bond acceptors (Lipinski definition) is 7. The van der Waals surface area contributed by atoms with E-state index in [1.165, 1.54) is 30.3 Å². The Hall–Kier alpha value is -4.39. The molecule has 0 radical (unpaired) electrons. The Morgan fingerprint density at radius 2 is 1.91 bits per heavy atom. The predicted molar refractivity (Wildman–Crippen MR) is 153 cm³/mol. The number of aromatic nitrogens is 1. The zero-order valence-corrected chi connectivity index (χ0v) is 23.7. The summed E-state index contributed by atoms with van der Waals surface area (Å²) < 4.78 is 82.8. The fraction of sp³-hybridized carbons (Fsp3) is 0.355. The monoisotopic (exact) mass is 618 g/mol. The molecule has 13 heteroatoms. The van der Waals surface area contributed by atoms with E-state index >= 15 is 0 Å². The van der Waals surface area contributed by atoms with E-state index in [1.54, 1.807) is 6.92 Å². The number of carbonyl (C=O) groups is 1. The Bertz CT molecular complexity index is 1590. The molecule has 1 unspecified atom stereocenters. The predicted octanol–water partition coefficient (Wildman–Crippen LogP) is 4.78. The molecule has 5 rings (SSSR count). The fourth-order valence-corrected chi connectivity index (χ4v) is 4.85. The van der Waals surface area contributed by atoms with Crippen LogP contribution < -0.4 is 26.3 Å². The second-order valence-corrected chi connectivity index (χ2v) is 11.2. The van der Waals surface area contributed by atoms with Crippen LogP contribution in [0.1, 0.15) is 46.9 Å². The molecule has 2 heterocycles. The number of ether oxygens (including phenoxy) is 2. The minimum Gasteiger partial charge on any atom is -0.490 e. The van der Waals surface area contributed by atoms with E-state index in [9.17, 15) is 31.9 Å². The van der Waals surface area contributed by atoms with Gasteiger partial charge in [-0.05, 0) is 68.3 Å². The van der Waals surface area contributed by atoms with Crippen LogP contribution in [0.4, 0.5) is 27.6 Å². The second-order valence-electron chi connectivity index (χ2n) is 11.2. The lowest BCUT2D eigenvalue weighted by Gasteiger charge is -2.29. The molecule has 0 bridgehead atoms. The van der Waals surface area contributed by atoms with Crippen LogP contribution in [0.3, 0.4) is 0 Å². The first-order valence-corrected chi connectivity index (χ1v) is 13.8. The molecule has 234 valence electrons. The molecule has 2 aromatic carbocycles. The highest BCUT2D eigenvalue weighted by atomic mass is 19.3. The topological polar surface area (TPSA) is 133 Å². The fourth-order valence-electron chi connectivity index (χ4n) is 4.85. The Labute approximate surface area is 249 Å². The van der Waals surface area contributed by atoms with Crippen LogP contribution in [0.25, 0.3) is 17.3 Å². The summed E-state index contributed by atoms with van der Waals surface area (Å²) in [4.78, 5) is 17.5. The third-order valence-corrected chi connectivity index (χ3v) is 7.63. The highest BCUT2D eigenvalue weighted by molar-refractivity contribution is 5.96. The molecule has 44 heavy (non-hydrogen) atoms. The molecule has 1 fully saturated rings. The maximum Gasteiger partial charge on any atom is 0.274 e. The highest BCUT2D eigenvalue weighted by Gasteiger charge is 2.48. The largest absolute Gasteiger partial charge is 0.490 e. The maximum atomic E-state index is 14.7. The summed E-state index contributed by atoms with van der Waals surface area (Å²) in [5.74, 6) is -1.30. The van der Waals surface area contributed by atoms with Crippen molar-refractivity contribution in [2.45, 2.75) is 43.3 Å². The molecule has 0 spiro atoms. The maximum absolute atomic E-state index is 14.7. The summed E-state index contributed by atoms with van der Waals surface area (Å²) in [6.45, 7) is -2.32.